The molecule has 1 rings (SSSR count). The van der Waals surface area contributed by atoms with Gasteiger partial charge in [-0.3, -0.25) is 4.79 Å². The fourth-order valence-corrected chi connectivity index (χ4v) is 1.81. The summed E-state index contributed by atoms with van der Waals surface area (Å²) in [5, 5.41) is 11.7. The molecule has 0 saturated carbocycles. The molecule has 1 aliphatic heterocycles. The van der Waals surface area contributed by atoms with Crippen LogP contribution in [-0.4, -0.2) is 37.0 Å². The molecular formula is C10H17N3O. The summed E-state index contributed by atoms with van der Waals surface area (Å²) in [4.78, 5) is 13.5. The van der Waals surface area contributed by atoms with Gasteiger partial charge in [0.1, 0.15) is 0 Å². The Morgan fingerprint density at radius 1 is 1.71 bits per heavy atom. The Morgan fingerprint density at radius 3 is 2.93 bits per heavy atom. The average molecular weight is 195 g/mol. The van der Waals surface area contributed by atoms with Gasteiger partial charge in [-0.2, -0.15) is 5.26 Å². The summed E-state index contributed by atoms with van der Waals surface area (Å²) in [6, 6.07) is 2.32. The predicted molar refractivity (Wildman–Crippen MR) is 53.4 cm³/mol. The van der Waals surface area contributed by atoms with Gasteiger partial charge in [-0.25, -0.2) is 0 Å². The van der Waals surface area contributed by atoms with Crippen LogP contribution < -0.4 is 5.32 Å². The molecule has 14 heavy (non-hydrogen) atoms. The molecular weight excluding hydrogens is 178 g/mol. The lowest BCUT2D eigenvalue weighted by molar-refractivity contribution is -0.134. The van der Waals surface area contributed by atoms with Crippen molar-refractivity contribution in [3.63, 3.8) is 0 Å². The summed E-state index contributed by atoms with van der Waals surface area (Å²) >= 11 is 0. The van der Waals surface area contributed by atoms with Crippen molar-refractivity contribution in [2.75, 3.05) is 20.1 Å². The molecule has 4 nitrogen and oxygen atoms in total. The Labute approximate surface area is 84.9 Å². The lowest BCUT2D eigenvalue weighted by Gasteiger charge is -2.22. The summed E-state index contributed by atoms with van der Waals surface area (Å²) in [6.07, 6.45) is 1.33. The van der Waals surface area contributed by atoms with Gasteiger partial charge in [0.25, 0.3) is 0 Å². The average Bonchev–Trinajstić information content (AvgIpc) is 2.59. The maximum absolute atomic E-state index is 11.8. The number of rotatable bonds is 3. The molecule has 0 radical (unpaired) electrons. The second-order valence-corrected chi connectivity index (χ2v) is 3.81. The zero-order valence-electron chi connectivity index (χ0n) is 8.79. The molecule has 0 bridgehead atoms. The SMILES string of the molecule is CC1NCCC1C(=O)N(C)CCC#N. The van der Waals surface area contributed by atoms with E-state index in [4.69, 9.17) is 5.26 Å². The largest absolute Gasteiger partial charge is 0.344 e. The van der Waals surface area contributed by atoms with Crippen LogP contribution in [0.4, 0.5) is 0 Å². The molecule has 0 aromatic rings. The van der Waals surface area contributed by atoms with Crippen LogP contribution in [0.25, 0.3) is 0 Å². The van der Waals surface area contributed by atoms with E-state index in [2.05, 4.69) is 5.32 Å². The number of nitriles is 1. The first kappa shape index (κ1) is 11.0. The van der Waals surface area contributed by atoms with E-state index >= 15 is 0 Å². The first-order valence-corrected chi connectivity index (χ1v) is 5.02. The number of nitrogens with zero attached hydrogens (tertiary/aromatic N) is 2. The third kappa shape index (κ3) is 2.46. The van der Waals surface area contributed by atoms with Crippen molar-refractivity contribution in [2.45, 2.75) is 25.8 Å². The van der Waals surface area contributed by atoms with Crippen molar-refractivity contribution in [3.05, 3.63) is 0 Å². The van der Waals surface area contributed by atoms with Gasteiger partial charge >= 0.3 is 0 Å². The normalized spacial score (nSPS) is 25.8. The topological polar surface area (TPSA) is 56.1 Å². The smallest absolute Gasteiger partial charge is 0.227 e. The number of carbonyl (C=O) groups excluding carboxylic acids is 1. The molecule has 1 amide bonds. The minimum absolute atomic E-state index is 0.0960. The fourth-order valence-electron chi connectivity index (χ4n) is 1.81. The Balaban J connectivity index is 2.44. The molecule has 0 aliphatic carbocycles. The van der Waals surface area contributed by atoms with E-state index in [1.54, 1.807) is 11.9 Å². The molecule has 1 N–H and O–H groups in total. The molecule has 1 saturated heterocycles. The van der Waals surface area contributed by atoms with Crippen LogP contribution in [-0.2, 0) is 4.79 Å². The summed E-state index contributed by atoms with van der Waals surface area (Å²) in [5.41, 5.74) is 0. The van der Waals surface area contributed by atoms with E-state index in [1.807, 2.05) is 13.0 Å². The molecule has 0 spiro atoms. The standard InChI is InChI=1S/C10H17N3O/c1-8-9(4-6-12-8)10(14)13(2)7-3-5-11/h8-9,12H,3-4,6-7H2,1-2H3. The Hall–Kier alpha value is -1.08. The molecule has 1 heterocycles. The highest BCUT2D eigenvalue weighted by atomic mass is 16.2. The first-order chi connectivity index (χ1) is 6.66. The van der Waals surface area contributed by atoms with Gasteiger partial charge < -0.3 is 10.2 Å². The van der Waals surface area contributed by atoms with Crippen molar-refractivity contribution in [1.29, 1.82) is 5.26 Å². The van der Waals surface area contributed by atoms with Crippen LogP contribution in [0.2, 0.25) is 0 Å². The maximum Gasteiger partial charge on any atom is 0.227 e. The molecule has 78 valence electrons. The van der Waals surface area contributed by atoms with Gasteiger partial charge in [0.05, 0.1) is 18.4 Å². The summed E-state index contributed by atoms with van der Waals surface area (Å²) in [7, 11) is 1.77. The van der Waals surface area contributed by atoms with Gasteiger partial charge in [-0.05, 0) is 19.9 Å². The van der Waals surface area contributed by atoms with Crippen LogP contribution in [0.3, 0.4) is 0 Å². The molecule has 4 heteroatoms. The van der Waals surface area contributed by atoms with Crippen molar-refractivity contribution in [2.24, 2.45) is 5.92 Å². The zero-order chi connectivity index (χ0) is 10.6. The minimum atomic E-state index is 0.0960. The highest BCUT2D eigenvalue weighted by Gasteiger charge is 2.31. The van der Waals surface area contributed by atoms with Crippen molar-refractivity contribution < 1.29 is 4.79 Å². The minimum Gasteiger partial charge on any atom is -0.344 e. The van der Waals surface area contributed by atoms with Crippen LogP contribution in [0.15, 0.2) is 0 Å². The zero-order valence-corrected chi connectivity index (χ0v) is 8.79. The third-order valence-corrected chi connectivity index (χ3v) is 2.78. The van der Waals surface area contributed by atoms with Gasteiger partial charge in [-0.1, -0.05) is 0 Å². The van der Waals surface area contributed by atoms with E-state index in [-0.39, 0.29) is 17.9 Å². The van der Waals surface area contributed by atoms with Gasteiger partial charge in [0, 0.05) is 19.6 Å². The van der Waals surface area contributed by atoms with Crippen molar-refractivity contribution in [3.8, 4) is 6.07 Å². The molecule has 2 unspecified atom stereocenters. The number of amides is 1. The summed E-state index contributed by atoms with van der Waals surface area (Å²) < 4.78 is 0. The van der Waals surface area contributed by atoms with Crippen LogP contribution in [0, 0.1) is 17.2 Å². The van der Waals surface area contributed by atoms with E-state index in [0.29, 0.717) is 13.0 Å². The van der Waals surface area contributed by atoms with E-state index in [1.165, 1.54) is 0 Å². The molecule has 0 aromatic carbocycles. The first-order valence-electron chi connectivity index (χ1n) is 5.02. The lowest BCUT2D eigenvalue weighted by atomic mass is 10.0. The lowest BCUT2D eigenvalue weighted by Crippen LogP contribution is -2.38. The van der Waals surface area contributed by atoms with E-state index < -0.39 is 0 Å². The Kier molecular flexibility index (Phi) is 3.90. The second-order valence-electron chi connectivity index (χ2n) is 3.81. The fraction of sp³-hybridized carbons (Fsp3) is 0.800. The van der Waals surface area contributed by atoms with E-state index in [0.717, 1.165) is 13.0 Å². The van der Waals surface area contributed by atoms with Crippen LogP contribution in [0.5, 0.6) is 0 Å². The van der Waals surface area contributed by atoms with Crippen LogP contribution >= 0.6 is 0 Å². The third-order valence-electron chi connectivity index (χ3n) is 2.78. The van der Waals surface area contributed by atoms with Crippen LogP contribution in [0.1, 0.15) is 19.8 Å². The molecule has 1 fully saturated rings. The van der Waals surface area contributed by atoms with Gasteiger partial charge in [-0.15, -0.1) is 0 Å². The second kappa shape index (κ2) is 4.97. The van der Waals surface area contributed by atoms with Gasteiger partial charge in [0.2, 0.25) is 5.91 Å². The molecule has 2 atom stereocenters. The van der Waals surface area contributed by atoms with Crippen molar-refractivity contribution >= 4 is 5.91 Å². The number of hydrogen-bond donors (Lipinski definition) is 1. The monoisotopic (exact) mass is 195 g/mol. The number of carbonyl (C=O) groups is 1. The van der Waals surface area contributed by atoms with Crippen molar-refractivity contribution in [1.82, 2.24) is 10.2 Å². The highest BCUT2D eigenvalue weighted by Crippen LogP contribution is 2.17. The maximum atomic E-state index is 11.8. The number of hydrogen-bond acceptors (Lipinski definition) is 3. The molecule has 0 aromatic heterocycles. The van der Waals surface area contributed by atoms with E-state index in [9.17, 15) is 4.79 Å². The Bertz CT molecular complexity index is 246. The summed E-state index contributed by atoms with van der Waals surface area (Å²) in [5.74, 6) is 0.261. The Morgan fingerprint density at radius 2 is 2.43 bits per heavy atom. The predicted octanol–water partition coefficient (Wildman–Crippen LogP) is 0.356. The highest BCUT2D eigenvalue weighted by molar-refractivity contribution is 5.79. The summed E-state index contributed by atoms with van der Waals surface area (Å²) in [6.45, 7) is 3.50. The number of nitrogens with one attached hydrogen (secondary N) is 1. The molecule has 1 aliphatic rings. The van der Waals surface area contributed by atoms with Gasteiger partial charge in [0.15, 0.2) is 0 Å². The quantitative estimate of drug-likeness (QED) is 0.707.